The maximum Gasteiger partial charge on any atom is 0.255 e. The molecule has 0 saturated heterocycles. The molecule has 32 heavy (non-hydrogen) atoms. The lowest BCUT2D eigenvalue weighted by Crippen LogP contribution is -2.13. The average molecular weight is 434 g/mol. The average Bonchev–Trinajstić information content (AvgIpc) is 2.77. The summed E-state index contributed by atoms with van der Waals surface area (Å²) in [5.74, 6) is 2.13. The largest absolute Gasteiger partial charge is 0.494 e. The molecule has 0 saturated carbocycles. The second-order valence-corrected chi connectivity index (χ2v) is 7.66. The molecule has 3 aromatic rings. The van der Waals surface area contributed by atoms with E-state index in [0.29, 0.717) is 36.8 Å². The van der Waals surface area contributed by atoms with Gasteiger partial charge in [0.1, 0.15) is 23.9 Å². The van der Waals surface area contributed by atoms with Crippen LogP contribution in [0.25, 0.3) is 0 Å². The molecule has 0 radical (unpaired) electrons. The first-order valence-electron chi connectivity index (χ1n) is 10.9. The summed E-state index contributed by atoms with van der Waals surface area (Å²) in [6.45, 7) is 11.5. The van der Waals surface area contributed by atoms with E-state index < -0.39 is 0 Å². The standard InChI is InChI=1S/C27H31NO4/c1-6-30-24-11-9-23(10-12-24)28-27(29)21-8-13-25(31-7-2)22(16-21)17-32-26-15-18(3)14-19(4)20(26)5/h8-16H,6-7,17H2,1-5H3,(H,28,29). The topological polar surface area (TPSA) is 56.8 Å². The van der Waals surface area contributed by atoms with Crippen LogP contribution in [0.5, 0.6) is 17.2 Å². The first kappa shape index (κ1) is 23.2. The summed E-state index contributed by atoms with van der Waals surface area (Å²) in [5.41, 5.74) is 5.52. The highest BCUT2D eigenvalue weighted by molar-refractivity contribution is 6.04. The van der Waals surface area contributed by atoms with Gasteiger partial charge in [0.25, 0.3) is 5.91 Å². The lowest BCUT2D eigenvalue weighted by Gasteiger charge is -2.16. The lowest BCUT2D eigenvalue weighted by molar-refractivity contribution is 0.102. The number of rotatable bonds is 9. The van der Waals surface area contributed by atoms with Gasteiger partial charge in [-0.25, -0.2) is 0 Å². The summed E-state index contributed by atoms with van der Waals surface area (Å²) in [6.07, 6.45) is 0. The minimum atomic E-state index is -0.193. The Bertz CT molecular complexity index is 1070. The van der Waals surface area contributed by atoms with Gasteiger partial charge in [0.05, 0.1) is 13.2 Å². The van der Waals surface area contributed by atoms with Crippen molar-refractivity contribution < 1.29 is 19.0 Å². The second-order valence-electron chi connectivity index (χ2n) is 7.66. The monoisotopic (exact) mass is 433 g/mol. The normalized spacial score (nSPS) is 10.5. The Kier molecular flexibility index (Phi) is 7.77. The maximum atomic E-state index is 12.8. The van der Waals surface area contributed by atoms with Crippen molar-refractivity contribution in [3.63, 3.8) is 0 Å². The molecular weight excluding hydrogens is 402 g/mol. The number of carbonyl (C=O) groups excluding carboxylic acids is 1. The minimum absolute atomic E-state index is 0.193. The summed E-state index contributed by atoms with van der Waals surface area (Å²) >= 11 is 0. The van der Waals surface area contributed by atoms with Gasteiger partial charge in [0.15, 0.2) is 0 Å². The molecule has 0 aliphatic heterocycles. The van der Waals surface area contributed by atoms with Crippen molar-refractivity contribution in [1.29, 1.82) is 0 Å². The van der Waals surface area contributed by atoms with E-state index in [1.165, 1.54) is 5.56 Å². The van der Waals surface area contributed by atoms with Crippen molar-refractivity contribution in [1.82, 2.24) is 0 Å². The van der Waals surface area contributed by atoms with Gasteiger partial charge < -0.3 is 19.5 Å². The fraction of sp³-hybridized carbons (Fsp3) is 0.296. The minimum Gasteiger partial charge on any atom is -0.494 e. The number of ether oxygens (including phenoxy) is 3. The van der Waals surface area contributed by atoms with Gasteiger partial charge in [-0.05, 0) is 99.8 Å². The zero-order valence-electron chi connectivity index (χ0n) is 19.5. The second kappa shape index (κ2) is 10.7. The number of nitrogens with one attached hydrogen (secondary N) is 1. The third-order valence-corrected chi connectivity index (χ3v) is 5.19. The summed E-state index contributed by atoms with van der Waals surface area (Å²) in [4.78, 5) is 12.8. The Morgan fingerprint density at radius 3 is 2.22 bits per heavy atom. The molecule has 0 spiro atoms. The molecule has 0 aromatic heterocycles. The fourth-order valence-electron chi connectivity index (χ4n) is 3.44. The molecule has 0 bridgehead atoms. The summed E-state index contributed by atoms with van der Waals surface area (Å²) < 4.78 is 17.3. The van der Waals surface area contributed by atoms with E-state index in [-0.39, 0.29) is 5.91 Å². The number of hydrogen-bond donors (Lipinski definition) is 1. The first-order chi connectivity index (χ1) is 15.4. The maximum absolute atomic E-state index is 12.8. The molecule has 0 heterocycles. The Labute approximate surface area is 190 Å². The summed E-state index contributed by atoms with van der Waals surface area (Å²) in [7, 11) is 0. The Balaban J connectivity index is 1.78. The van der Waals surface area contributed by atoms with E-state index in [9.17, 15) is 4.79 Å². The van der Waals surface area contributed by atoms with Gasteiger partial charge in [0, 0.05) is 16.8 Å². The number of aryl methyl sites for hydroxylation is 2. The molecule has 3 aromatic carbocycles. The Hall–Kier alpha value is -3.47. The van der Waals surface area contributed by atoms with Crippen LogP contribution < -0.4 is 19.5 Å². The van der Waals surface area contributed by atoms with Crippen molar-refractivity contribution >= 4 is 11.6 Å². The van der Waals surface area contributed by atoms with Gasteiger partial charge in [-0.1, -0.05) is 6.07 Å². The van der Waals surface area contributed by atoms with Crippen LogP contribution in [0.1, 0.15) is 46.5 Å². The number of carbonyl (C=O) groups is 1. The van der Waals surface area contributed by atoms with Gasteiger partial charge in [-0.3, -0.25) is 4.79 Å². The van der Waals surface area contributed by atoms with Crippen molar-refractivity contribution in [2.24, 2.45) is 0 Å². The molecule has 3 rings (SSSR count). The molecule has 5 nitrogen and oxygen atoms in total. The number of amides is 1. The third kappa shape index (κ3) is 5.82. The third-order valence-electron chi connectivity index (χ3n) is 5.19. The van der Waals surface area contributed by atoms with Crippen LogP contribution >= 0.6 is 0 Å². The zero-order chi connectivity index (χ0) is 23.1. The van der Waals surface area contributed by atoms with E-state index in [1.807, 2.05) is 63.2 Å². The van der Waals surface area contributed by atoms with Crippen molar-refractivity contribution in [2.75, 3.05) is 18.5 Å². The zero-order valence-corrected chi connectivity index (χ0v) is 19.5. The Morgan fingerprint density at radius 1 is 0.812 bits per heavy atom. The van der Waals surface area contributed by atoms with E-state index in [2.05, 4.69) is 25.2 Å². The fourth-order valence-corrected chi connectivity index (χ4v) is 3.44. The number of anilines is 1. The lowest BCUT2D eigenvalue weighted by atomic mass is 10.1. The van der Waals surface area contributed by atoms with E-state index >= 15 is 0 Å². The quantitative estimate of drug-likeness (QED) is 0.434. The highest BCUT2D eigenvalue weighted by Gasteiger charge is 2.13. The van der Waals surface area contributed by atoms with E-state index in [4.69, 9.17) is 14.2 Å². The van der Waals surface area contributed by atoms with Crippen LogP contribution in [0, 0.1) is 20.8 Å². The Morgan fingerprint density at radius 2 is 1.53 bits per heavy atom. The highest BCUT2D eigenvalue weighted by atomic mass is 16.5. The van der Waals surface area contributed by atoms with Crippen LogP contribution in [0.2, 0.25) is 0 Å². The number of benzene rings is 3. The number of hydrogen-bond acceptors (Lipinski definition) is 4. The van der Waals surface area contributed by atoms with Crippen LogP contribution in [0.3, 0.4) is 0 Å². The molecule has 0 fully saturated rings. The van der Waals surface area contributed by atoms with Gasteiger partial charge >= 0.3 is 0 Å². The van der Waals surface area contributed by atoms with Crippen molar-refractivity contribution in [3.8, 4) is 17.2 Å². The SMILES string of the molecule is CCOc1ccc(NC(=O)c2ccc(OCC)c(COc3cc(C)cc(C)c3C)c2)cc1. The molecule has 0 aliphatic rings. The molecule has 0 atom stereocenters. The van der Waals surface area contributed by atoms with E-state index in [1.54, 1.807) is 6.07 Å². The summed E-state index contributed by atoms with van der Waals surface area (Å²) in [6, 6.07) is 16.9. The van der Waals surface area contributed by atoms with Crippen LogP contribution in [-0.4, -0.2) is 19.1 Å². The summed E-state index contributed by atoms with van der Waals surface area (Å²) in [5, 5.41) is 2.93. The van der Waals surface area contributed by atoms with Crippen LogP contribution in [0.4, 0.5) is 5.69 Å². The predicted molar refractivity (Wildman–Crippen MR) is 128 cm³/mol. The van der Waals surface area contributed by atoms with Crippen molar-refractivity contribution in [3.05, 3.63) is 82.4 Å². The molecule has 1 amide bonds. The molecule has 5 heteroatoms. The van der Waals surface area contributed by atoms with Gasteiger partial charge in [-0.15, -0.1) is 0 Å². The smallest absolute Gasteiger partial charge is 0.255 e. The highest BCUT2D eigenvalue weighted by Crippen LogP contribution is 2.27. The molecule has 1 N–H and O–H groups in total. The van der Waals surface area contributed by atoms with Crippen LogP contribution in [-0.2, 0) is 6.61 Å². The van der Waals surface area contributed by atoms with Crippen molar-refractivity contribution in [2.45, 2.75) is 41.2 Å². The van der Waals surface area contributed by atoms with E-state index in [0.717, 1.165) is 28.2 Å². The molecule has 168 valence electrons. The van der Waals surface area contributed by atoms with Gasteiger partial charge in [0.2, 0.25) is 0 Å². The molecular formula is C27H31NO4. The predicted octanol–water partition coefficient (Wildman–Crippen LogP) is 6.24. The van der Waals surface area contributed by atoms with Gasteiger partial charge in [-0.2, -0.15) is 0 Å². The molecule has 0 unspecified atom stereocenters. The molecule has 0 aliphatic carbocycles. The first-order valence-corrected chi connectivity index (χ1v) is 10.9. The van der Waals surface area contributed by atoms with Crippen LogP contribution in [0.15, 0.2) is 54.6 Å².